The maximum absolute atomic E-state index is 13.2. The van der Waals surface area contributed by atoms with Gasteiger partial charge in [0.05, 0.1) is 16.5 Å². The van der Waals surface area contributed by atoms with Crippen LogP contribution in [0.25, 0.3) is 21.8 Å². The minimum Gasteiger partial charge on any atom is -0.478 e. The van der Waals surface area contributed by atoms with Crippen LogP contribution >= 0.6 is 0 Å². The van der Waals surface area contributed by atoms with E-state index in [2.05, 4.69) is 9.97 Å². The maximum atomic E-state index is 13.2. The summed E-state index contributed by atoms with van der Waals surface area (Å²) in [6.45, 7) is 2.81. The van der Waals surface area contributed by atoms with E-state index in [9.17, 15) is 24.3 Å². The number of carboxylic acid groups (broad SMARTS) is 1. The third-order valence-electron chi connectivity index (χ3n) is 6.05. The van der Waals surface area contributed by atoms with Crippen molar-refractivity contribution in [3.8, 4) is 0 Å². The number of hydrogen-bond acceptors (Lipinski definition) is 4. The van der Waals surface area contributed by atoms with Crippen molar-refractivity contribution in [2.24, 2.45) is 0 Å². The lowest BCUT2D eigenvalue weighted by molar-refractivity contribution is 0.0694. The summed E-state index contributed by atoms with van der Waals surface area (Å²) in [7, 11) is 0. The Morgan fingerprint density at radius 3 is 2.53 bits per heavy atom. The molecule has 5 rings (SSSR count). The third kappa shape index (κ3) is 3.01. The number of amides is 1. The normalized spacial score (nSPS) is 13.5. The lowest BCUT2D eigenvalue weighted by atomic mass is 10.0. The van der Waals surface area contributed by atoms with E-state index >= 15 is 0 Å². The second kappa shape index (κ2) is 7.23. The molecule has 1 amide bonds. The molecule has 0 atom stereocenters. The van der Waals surface area contributed by atoms with Crippen LogP contribution in [0.15, 0.2) is 46.0 Å². The Morgan fingerprint density at radius 2 is 1.78 bits per heavy atom. The van der Waals surface area contributed by atoms with Crippen LogP contribution in [0, 0.1) is 0 Å². The van der Waals surface area contributed by atoms with Gasteiger partial charge >= 0.3 is 11.7 Å². The molecular weight excluding hydrogens is 412 g/mol. The molecule has 2 aromatic carbocycles. The number of carboxylic acids is 1. The zero-order chi connectivity index (χ0) is 22.6. The van der Waals surface area contributed by atoms with Gasteiger partial charge in [0.1, 0.15) is 0 Å². The predicted molar refractivity (Wildman–Crippen MR) is 118 cm³/mol. The number of hydrogen-bond donors (Lipinski definition) is 3. The smallest absolute Gasteiger partial charge is 0.335 e. The average Bonchev–Trinajstić information content (AvgIpc) is 3.15. The van der Waals surface area contributed by atoms with E-state index in [0.717, 1.165) is 26.7 Å². The van der Waals surface area contributed by atoms with Crippen molar-refractivity contribution in [1.29, 1.82) is 0 Å². The van der Waals surface area contributed by atoms with E-state index in [4.69, 9.17) is 0 Å². The van der Waals surface area contributed by atoms with E-state index in [0.29, 0.717) is 36.0 Å². The lowest BCUT2D eigenvalue weighted by Gasteiger charge is -2.27. The average molecular weight is 432 g/mol. The molecule has 1 aliphatic rings. The van der Waals surface area contributed by atoms with Crippen LogP contribution in [0.3, 0.4) is 0 Å². The predicted octanol–water partition coefficient (Wildman–Crippen LogP) is 2.09. The van der Waals surface area contributed by atoms with Gasteiger partial charge in [-0.15, -0.1) is 0 Å². The first-order chi connectivity index (χ1) is 15.4. The summed E-state index contributed by atoms with van der Waals surface area (Å²) < 4.78 is 1.11. The highest BCUT2D eigenvalue weighted by atomic mass is 16.4. The summed E-state index contributed by atoms with van der Waals surface area (Å²) in [5.41, 5.74) is 2.73. The fourth-order valence-corrected chi connectivity index (χ4v) is 4.38. The van der Waals surface area contributed by atoms with Crippen molar-refractivity contribution < 1.29 is 14.7 Å². The van der Waals surface area contributed by atoms with Crippen LogP contribution in [0.4, 0.5) is 0 Å². The molecule has 0 radical (unpaired) electrons. The van der Waals surface area contributed by atoms with Gasteiger partial charge in [0.15, 0.2) is 0 Å². The van der Waals surface area contributed by atoms with E-state index in [1.807, 2.05) is 0 Å². The molecule has 0 fully saturated rings. The molecule has 0 unspecified atom stereocenters. The molecule has 0 saturated carbocycles. The Balaban J connectivity index is 1.51. The van der Waals surface area contributed by atoms with Gasteiger partial charge in [0, 0.05) is 53.8 Å². The van der Waals surface area contributed by atoms with E-state index in [1.165, 1.54) is 6.07 Å². The second-order valence-electron chi connectivity index (χ2n) is 7.86. The first-order valence-electron chi connectivity index (χ1n) is 10.3. The highest BCUT2D eigenvalue weighted by Crippen LogP contribution is 2.29. The summed E-state index contributed by atoms with van der Waals surface area (Å²) in [6.07, 6.45) is 0.615. The molecule has 0 saturated heterocycles. The molecule has 0 aliphatic carbocycles. The van der Waals surface area contributed by atoms with Gasteiger partial charge in [0.25, 0.3) is 11.5 Å². The quantitative estimate of drug-likeness (QED) is 0.457. The van der Waals surface area contributed by atoms with Gasteiger partial charge in [-0.2, -0.15) is 0 Å². The van der Waals surface area contributed by atoms with Crippen LogP contribution in [-0.2, 0) is 19.5 Å². The van der Waals surface area contributed by atoms with Crippen LogP contribution in [-0.4, -0.2) is 43.0 Å². The molecular formula is C23H20N4O5. The molecule has 2 aromatic heterocycles. The van der Waals surface area contributed by atoms with E-state index < -0.39 is 11.7 Å². The Bertz CT molecular complexity index is 1540. The Hall–Kier alpha value is -4.14. The maximum Gasteiger partial charge on any atom is 0.335 e. The van der Waals surface area contributed by atoms with Gasteiger partial charge in [-0.05, 0) is 43.3 Å². The molecule has 0 spiro atoms. The largest absolute Gasteiger partial charge is 0.478 e. The topological polar surface area (TPSA) is 128 Å². The first kappa shape index (κ1) is 19.8. The number of aromatic carboxylic acids is 1. The summed E-state index contributed by atoms with van der Waals surface area (Å²) in [5, 5.41) is 10.5. The fourth-order valence-electron chi connectivity index (χ4n) is 4.38. The number of fused-ring (bicyclic) bond motifs is 4. The summed E-state index contributed by atoms with van der Waals surface area (Å²) in [6, 6.07) is 9.61. The molecule has 3 heterocycles. The second-order valence-corrected chi connectivity index (χ2v) is 7.86. The number of aromatic amines is 2. The minimum absolute atomic E-state index is 0.193. The number of H-pyrrole nitrogens is 2. The number of benzene rings is 2. The molecule has 0 bridgehead atoms. The SMILES string of the molecule is CCn1c(=O)[nH]c2cc(C(=O)N3CCc4[nH]c5ccc(C(=O)O)cc5c4C3)ccc2c1=O. The van der Waals surface area contributed by atoms with Crippen LogP contribution in [0.2, 0.25) is 0 Å². The van der Waals surface area contributed by atoms with Gasteiger partial charge in [-0.25, -0.2) is 9.59 Å². The van der Waals surface area contributed by atoms with Crippen LogP contribution < -0.4 is 11.2 Å². The number of rotatable bonds is 3. The zero-order valence-corrected chi connectivity index (χ0v) is 17.3. The Labute approximate surface area is 180 Å². The summed E-state index contributed by atoms with van der Waals surface area (Å²) in [4.78, 5) is 56.9. The van der Waals surface area contributed by atoms with Crippen molar-refractivity contribution in [2.45, 2.75) is 26.4 Å². The molecule has 9 heteroatoms. The number of aromatic nitrogens is 3. The summed E-state index contributed by atoms with van der Waals surface area (Å²) >= 11 is 0. The van der Waals surface area contributed by atoms with Crippen molar-refractivity contribution in [1.82, 2.24) is 19.4 Å². The zero-order valence-electron chi connectivity index (χ0n) is 17.3. The highest BCUT2D eigenvalue weighted by Gasteiger charge is 2.25. The Morgan fingerprint density at radius 1 is 1.00 bits per heavy atom. The molecule has 4 aromatic rings. The fraction of sp³-hybridized carbons (Fsp3) is 0.217. The van der Waals surface area contributed by atoms with E-state index in [1.54, 1.807) is 42.2 Å². The lowest BCUT2D eigenvalue weighted by Crippen LogP contribution is -2.36. The standard InChI is InChI=1S/C23H20N4O5/c1-2-27-21(29)14-5-3-12(10-19(14)25-23(27)32)20(28)26-8-7-18-16(11-26)15-9-13(22(30)31)4-6-17(15)24-18/h3-6,9-10,24H,2,7-8,11H2,1H3,(H,25,32)(H,30,31). The van der Waals surface area contributed by atoms with E-state index in [-0.39, 0.29) is 23.6 Å². The van der Waals surface area contributed by atoms with Crippen LogP contribution in [0.5, 0.6) is 0 Å². The molecule has 9 nitrogen and oxygen atoms in total. The third-order valence-corrected chi connectivity index (χ3v) is 6.05. The van der Waals surface area contributed by atoms with Crippen molar-refractivity contribution >= 4 is 33.7 Å². The molecule has 3 N–H and O–H groups in total. The molecule has 1 aliphatic heterocycles. The van der Waals surface area contributed by atoms with Gasteiger partial charge < -0.3 is 20.0 Å². The summed E-state index contributed by atoms with van der Waals surface area (Å²) in [5.74, 6) is -1.22. The number of carbonyl (C=O) groups is 2. The number of nitrogens with zero attached hydrogens (tertiary/aromatic N) is 2. The highest BCUT2D eigenvalue weighted by molar-refractivity contribution is 5.99. The first-order valence-corrected chi connectivity index (χ1v) is 10.3. The van der Waals surface area contributed by atoms with Crippen molar-refractivity contribution in [3.63, 3.8) is 0 Å². The Kier molecular flexibility index (Phi) is 4.47. The molecule has 162 valence electrons. The van der Waals surface area contributed by atoms with Gasteiger partial charge in [-0.3, -0.25) is 14.2 Å². The monoisotopic (exact) mass is 432 g/mol. The van der Waals surface area contributed by atoms with Gasteiger partial charge in [-0.1, -0.05) is 0 Å². The van der Waals surface area contributed by atoms with Crippen molar-refractivity contribution in [3.05, 3.63) is 79.6 Å². The van der Waals surface area contributed by atoms with Gasteiger partial charge in [0.2, 0.25) is 0 Å². The van der Waals surface area contributed by atoms with Crippen molar-refractivity contribution in [2.75, 3.05) is 6.54 Å². The number of carbonyl (C=O) groups excluding carboxylic acids is 1. The molecule has 32 heavy (non-hydrogen) atoms. The minimum atomic E-state index is -1.00. The van der Waals surface area contributed by atoms with Crippen LogP contribution in [0.1, 0.15) is 38.9 Å². The number of nitrogens with one attached hydrogen (secondary N) is 2.